The fourth-order valence-corrected chi connectivity index (χ4v) is 2.84. The van der Waals surface area contributed by atoms with Gasteiger partial charge in [-0.2, -0.15) is 0 Å². The van der Waals surface area contributed by atoms with Gasteiger partial charge >= 0.3 is 5.97 Å². The van der Waals surface area contributed by atoms with Crippen LogP contribution in [0.15, 0.2) is 0 Å². The molecule has 0 radical (unpaired) electrons. The number of hydrogen-bond acceptors (Lipinski definition) is 2. The van der Waals surface area contributed by atoms with Gasteiger partial charge in [0.05, 0.1) is 0 Å². The van der Waals surface area contributed by atoms with Crippen molar-refractivity contribution in [3.8, 4) is 0 Å². The molecule has 0 heterocycles. The molecule has 0 bridgehead atoms. The average molecular weight is 269 g/mol. The van der Waals surface area contributed by atoms with Crippen molar-refractivity contribution in [2.75, 3.05) is 0 Å². The van der Waals surface area contributed by atoms with Crippen LogP contribution < -0.4 is 5.32 Å². The van der Waals surface area contributed by atoms with Crippen molar-refractivity contribution in [1.82, 2.24) is 5.32 Å². The van der Waals surface area contributed by atoms with Crippen molar-refractivity contribution in [2.45, 2.75) is 71.8 Å². The van der Waals surface area contributed by atoms with Crippen molar-refractivity contribution in [3.05, 3.63) is 0 Å². The van der Waals surface area contributed by atoms with E-state index in [1.807, 2.05) is 20.8 Å². The zero-order chi connectivity index (χ0) is 14.5. The summed E-state index contributed by atoms with van der Waals surface area (Å²) in [6, 6.07) is -0.742. The number of rotatable bonds is 7. The normalized spacial score (nSPS) is 18.3. The van der Waals surface area contributed by atoms with Crippen molar-refractivity contribution in [1.29, 1.82) is 0 Å². The van der Waals surface area contributed by atoms with Crippen LogP contribution in [0.2, 0.25) is 0 Å². The molecule has 0 aliphatic heterocycles. The molecule has 1 atom stereocenters. The molecule has 1 unspecified atom stereocenters. The number of carboxylic acid groups (broad SMARTS) is 1. The standard InChI is InChI=1S/C15H27NO3/c1-4-5-10-12(13(17)18)16-14(19)15(2,3)11-8-6-7-9-11/h11-12H,4-10H2,1-3H3,(H,16,19)(H,17,18). The van der Waals surface area contributed by atoms with Gasteiger partial charge in [-0.3, -0.25) is 4.79 Å². The van der Waals surface area contributed by atoms with Gasteiger partial charge in [0.25, 0.3) is 0 Å². The molecule has 1 amide bonds. The SMILES string of the molecule is CCCCC(NC(=O)C(C)(C)C1CCCC1)C(=O)O. The Morgan fingerprint density at radius 1 is 1.32 bits per heavy atom. The van der Waals surface area contributed by atoms with Crippen LogP contribution in [0.1, 0.15) is 65.7 Å². The second kappa shape index (κ2) is 6.92. The third-order valence-corrected chi connectivity index (χ3v) is 4.41. The van der Waals surface area contributed by atoms with Crippen molar-refractivity contribution in [3.63, 3.8) is 0 Å². The topological polar surface area (TPSA) is 66.4 Å². The minimum atomic E-state index is -0.927. The van der Waals surface area contributed by atoms with Crippen LogP contribution in [0.5, 0.6) is 0 Å². The second-order valence-electron chi connectivity index (χ2n) is 6.21. The lowest BCUT2D eigenvalue weighted by molar-refractivity contribution is -0.144. The van der Waals surface area contributed by atoms with Crippen LogP contribution in [0, 0.1) is 11.3 Å². The second-order valence-corrected chi connectivity index (χ2v) is 6.21. The molecular formula is C15H27NO3. The van der Waals surface area contributed by atoms with Crippen LogP contribution in [-0.4, -0.2) is 23.0 Å². The van der Waals surface area contributed by atoms with Crippen molar-refractivity contribution < 1.29 is 14.7 Å². The summed E-state index contributed by atoms with van der Waals surface area (Å²) in [7, 11) is 0. The van der Waals surface area contributed by atoms with Crippen LogP contribution >= 0.6 is 0 Å². The Labute approximate surface area is 116 Å². The van der Waals surface area contributed by atoms with Gasteiger partial charge in [0.2, 0.25) is 5.91 Å². The molecule has 1 fully saturated rings. The Morgan fingerprint density at radius 2 is 1.89 bits per heavy atom. The predicted octanol–water partition coefficient (Wildman–Crippen LogP) is 2.96. The maximum Gasteiger partial charge on any atom is 0.326 e. The maximum absolute atomic E-state index is 12.4. The van der Waals surface area contributed by atoms with E-state index in [-0.39, 0.29) is 5.91 Å². The lowest BCUT2D eigenvalue weighted by Crippen LogP contribution is -2.48. The average Bonchev–Trinajstić information content (AvgIpc) is 2.87. The lowest BCUT2D eigenvalue weighted by atomic mass is 9.77. The zero-order valence-electron chi connectivity index (χ0n) is 12.4. The predicted molar refractivity (Wildman–Crippen MR) is 74.8 cm³/mol. The van der Waals surface area contributed by atoms with Gasteiger partial charge in [0.1, 0.15) is 6.04 Å². The number of aliphatic carboxylic acids is 1. The van der Waals surface area contributed by atoms with Crippen LogP contribution in [0.25, 0.3) is 0 Å². The largest absolute Gasteiger partial charge is 0.480 e. The molecule has 0 aromatic rings. The molecule has 0 aromatic heterocycles. The molecule has 19 heavy (non-hydrogen) atoms. The van der Waals surface area contributed by atoms with Gasteiger partial charge in [-0.15, -0.1) is 0 Å². The zero-order valence-corrected chi connectivity index (χ0v) is 12.4. The van der Waals surface area contributed by atoms with E-state index in [1.54, 1.807) is 0 Å². The molecule has 0 aromatic carbocycles. The van der Waals surface area contributed by atoms with Gasteiger partial charge in [-0.05, 0) is 25.2 Å². The minimum absolute atomic E-state index is 0.108. The Bertz CT molecular complexity index is 319. The minimum Gasteiger partial charge on any atom is -0.480 e. The van der Waals surface area contributed by atoms with E-state index in [0.717, 1.165) is 25.7 Å². The molecule has 1 saturated carbocycles. The molecule has 4 heteroatoms. The van der Waals surface area contributed by atoms with Gasteiger partial charge < -0.3 is 10.4 Å². The van der Waals surface area contributed by atoms with E-state index in [1.165, 1.54) is 12.8 Å². The van der Waals surface area contributed by atoms with Crippen LogP contribution in [-0.2, 0) is 9.59 Å². The Hall–Kier alpha value is -1.06. The van der Waals surface area contributed by atoms with Crippen LogP contribution in [0.3, 0.4) is 0 Å². The van der Waals surface area contributed by atoms with E-state index in [0.29, 0.717) is 12.3 Å². The highest BCUT2D eigenvalue weighted by Gasteiger charge is 2.39. The fourth-order valence-electron chi connectivity index (χ4n) is 2.84. The van der Waals surface area contributed by atoms with Gasteiger partial charge in [-0.1, -0.05) is 46.5 Å². The molecular weight excluding hydrogens is 242 g/mol. The smallest absolute Gasteiger partial charge is 0.326 e. The summed E-state index contributed by atoms with van der Waals surface area (Å²) in [4.78, 5) is 23.5. The van der Waals surface area contributed by atoms with E-state index >= 15 is 0 Å². The Kier molecular flexibility index (Phi) is 5.83. The van der Waals surface area contributed by atoms with E-state index in [9.17, 15) is 9.59 Å². The van der Waals surface area contributed by atoms with E-state index in [4.69, 9.17) is 5.11 Å². The van der Waals surface area contributed by atoms with E-state index in [2.05, 4.69) is 5.32 Å². The number of carbonyl (C=O) groups excluding carboxylic acids is 1. The highest BCUT2D eigenvalue weighted by molar-refractivity contribution is 5.87. The Balaban J connectivity index is 2.61. The third-order valence-electron chi connectivity index (χ3n) is 4.41. The first-order valence-electron chi connectivity index (χ1n) is 7.43. The summed E-state index contributed by atoms with van der Waals surface area (Å²) in [5, 5.41) is 11.9. The molecule has 2 N–H and O–H groups in total. The highest BCUT2D eigenvalue weighted by atomic mass is 16.4. The first kappa shape index (κ1) is 16.0. The number of hydrogen-bond donors (Lipinski definition) is 2. The van der Waals surface area contributed by atoms with Gasteiger partial charge in [0.15, 0.2) is 0 Å². The number of carboxylic acids is 1. The monoisotopic (exact) mass is 269 g/mol. The summed E-state index contributed by atoms with van der Waals surface area (Å²) in [5.41, 5.74) is -0.462. The Morgan fingerprint density at radius 3 is 2.37 bits per heavy atom. The highest BCUT2D eigenvalue weighted by Crippen LogP contribution is 2.39. The summed E-state index contributed by atoms with van der Waals surface area (Å²) in [6.45, 7) is 5.90. The maximum atomic E-state index is 12.4. The molecule has 0 saturated heterocycles. The van der Waals surface area contributed by atoms with Crippen LogP contribution in [0.4, 0.5) is 0 Å². The summed E-state index contributed by atoms with van der Waals surface area (Å²) < 4.78 is 0. The molecule has 4 nitrogen and oxygen atoms in total. The molecule has 1 rings (SSSR count). The number of nitrogens with one attached hydrogen (secondary N) is 1. The fraction of sp³-hybridized carbons (Fsp3) is 0.867. The summed E-state index contributed by atoms with van der Waals surface area (Å²) in [5.74, 6) is -0.653. The molecule has 1 aliphatic rings. The van der Waals surface area contributed by atoms with Gasteiger partial charge in [-0.25, -0.2) is 4.79 Å². The van der Waals surface area contributed by atoms with Gasteiger partial charge in [0, 0.05) is 5.41 Å². The third kappa shape index (κ3) is 4.22. The molecule has 1 aliphatic carbocycles. The van der Waals surface area contributed by atoms with E-state index < -0.39 is 17.4 Å². The quantitative estimate of drug-likeness (QED) is 0.746. The van der Waals surface area contributed by atoms with Crippen molar-refractivity contribution >= 4 is 11.9 Å². The molecule has 110 valence electrons. The summed E-state index contributed by atoms with van der Waals surface area (Å²) in [6.07, 6.45) is 6.78. The number of carbonyl (C=O) groups is 2. The lowest BCUT2D eigenvalue weighted by Gasteiger charge is -2.31. The number of amides is 1. The summed E-state index contributed by atoms with van der Waals surface area (Å²) >= 11 is 0. The number of unbranched alkanes of at least 4 members (excludes halogenated alkanes) is 1. The van der Waals surface area contributed by atoms with Crippen molar-refractivity contribution in [2.24, 2.45) is 11.3 Å². The first-order valence-corrected chi connectivity index (χ1v) is 7.43. The molecule has 0 spiro atoms. The first-order chi connectivity index (χ1) is 8.89.